The van der Waals surface area contributed by atoms with Crippen molar-refractivity contribution in [2.45, 2.75) is 41.3 Å². The standard InChI is InChI=1S/C11H9NO3S.C10H8N2O3S.2C7H9BO3.C4H2BrNO3.C3HBrN2O2S.2CH4/c13-7-8-1-3-9(4-2-8)10-5-6-11(16-10)12(14)15;13-6-7-1-3-8(4-2-7)10-11-5-9(16-10)12(14)15;2*9-5-6-1-3-7(4-2-6)8(10)11;5-3-1-2-4(9-3)6(7)8;4-3-5-1-2(9-3)6(7)8;;/h1-6,13H,7H2;1-5,13H,6H2;2*1-4,9-11H,5H2;1-2H;1H;2*1H4. The van der Waals surface area contributed by atoms with Crippen molar-refractivity contribution in [2.24, 2.45) is 0 Å². The fourth-order valence-electron chi connectivity index (χ4n) is 4.91. The first-order valence-electron chi connectivity index (χ1n) is 19.8. The summed E-state index contributed by atoms with van der Waals surface area (Å²) in [6, 6.07) is 33.3. The summed E-state index contributed by atoms with van der Waals surface area (Å²) in [6.07, 6.45) is 2.47. The summed E-state index contributed by atoms with van der Waals surface area (Å²) < 4.78 is 5.47. The molecule has 8 aromatic rings. The molecule has 4 aromatic heterocycles. The van der Waals surface area contributed by atoms with Crippen LogP contribution in [0, 0.1) is 40.5 Å². The molecule has 0 radical (unpaired) electrons. The molecule has 23 nitrogen and oxygen atoms in total. The van der Waals surface area contributed by atoms with E-state index in [2.05, 4.69) is 46.2 Å². The smallest absolute Gasteiger partial charge is 0.423 e. The van der Waals surface area contributed by atoms with Crippen LogP contribution in [0.15, 0.2) is 147 Å². The van der Waals surface area contributed by atoms with E-state index in [-0.39, 0.29) is 62.2 Å². The maximum absolute atomic E-state index is 10.5. The van der Waals surface area contributed by atoms with E-state index in [9.17, 15) is 40.5 Å². The van der Waals surface area contributed by atoms with Crippen molar-refractivity contribution in [2.75, 3.05) is 0 Å². The minimum atomic E-state index is -1.43. The van der Waals surface area contributed by atoms with Gasteiger partial charge in [0.05, 0.1) is 47.3 Å². The van der Waals surface area contributed by atoms with Crippen LogP contribution in [0.4, 0.5) is 20.9 Å². The second kappa shape index (κ2) is 34.1. The Morgan fingerprint density at radius 3 is 1.15 bits per heavy atom. The van der Waals surface area contributed by atoms with Crippen molar-refractivity contribution in [3.05, 3.63) is 205 Å². The number of aromatic nitrogens is 2. The van der Waals surface area contributed by atoms with E-state index in [1.54, 1.807) is 91.0 Å². The largest absolute Gasteiger partial charge is 0.488 e. The minimum absolute atomic E-state index is 0. The predicted molar refractivity (Wildman–Crippen MR) is 290 cm³/mol. The zero-order valence-corrected chi connectivity index (χ0v) is 42.2. The van der Waals surface area contributed by atoms with E-state index in [0.29, 0.717) is 24.5 Å². The number of hydrogen-bond acceptors (Lipinski definition) is 22. The number of hydrogen-bond donors (Lipinski definition) is 8. The Bertz CT molecular complexity index is 2730. The van der Waals surface area contributed by atoms with Gasteiger partial charge >= 0.3 is 35.1 Å². The molecular weight excluding hydrogens is 1160 g/mol. The summed E-state index contributed by atoms with van der Waals surface area (Å²) in [5.74, 6) is -0.248. The molecule has 0 atom stereocenters. The Balaban J connectivity index is 0.000000449. The third-order valence-corrected chi connectivity index (χ3v) is 12.5. The fraction of sp³-hybridized carbons (Fsp3) is 0.136. The van der Waals surface area contributed by atoms with Crippen molar-refractivity contribution in [3.8, 4) is 21.0 Å². The molecule has 0 saturated heterocycles. The van der Waals surface area contributed by atoms with Gasteiger partial charge in [0.15, 0.2) is 8.59 Å². The van der Waals surface area contributed by atoms with Crippen LogP contribution in [0.5, 0.6) is 0 Å². The molecule has 0 aliphatic carbocycles. The van der Waals surface area contributed by atoms with Crippen LogP contribution in [0.2, 0.25) is 0 Å². The van der Waals surface area contributed by atoms with Gasteiger partial charge in [-0.1, -0.05) is 123 Å². The first-order chi connectivity index (χ1) is 34.3. The highest BCUT2D eigenvalue weighted by atomic mass is 79.9. The molecule has 8 N–H and O–H groups in total. The van der Waals surface area contributed by atoms with Crippen molar-refractivity contribution in [3.63, 3.8) is 0 Å². The molecule has 30 heteroatoms. The van der Waals surface area contributed by atoms with Gasteiger partial charge in [0, 0.05) is 16.5 Å². The predicted octanol–water partition coefficient (Wildman–Crippen LogP) is 7.78. The molecule has 0 aliphatic rings. The Morgan fingerprint density at radius 1 is 0.473 bits per heavy atom. The molecule has 0 amide bonds. The number of benzene rings is 4. The second-order valence-electron chi connectivity index (χ2n) is 13.5. The molecule has 392 valence electrons. The van der Waals surface area contributed by atoms with Gasteiger partial charge < -0.3 is 44.9 Å². The molecule has 0 spiro atoms. The summed E-state index contributed by atoms with van der Waals surface area (Å²) in [5, 5.41) is 111. The fourth-order valence-corrected chi connectivity index (χ4v) is 7.83. The lowest BCUT2D eigenvalue weighted by Gasteiger charge is -1.99. The van der Waals surface area contributed by atoms with E-state index in [4.69, 9.17) is 40.5 Å². The molecule has 74 heavy (non-hydrogen) atoms. The van der Waals surface area contributed by atoms with Crippen LogP contribution in [-0.4, -0.2) is 84.4 Å². The van der Waals surface area contributed by atoms with Gasteiger partial charge in [0.1, 0.15) is 22.3 Å². The van der Waals surface area contributed by atoms with Gasteiger partial charge in [-0.15, -0.1) is 0 Å². The molecule has 4 aromatic carbocycles. The van der Waals surface area contributed by atoms with Crippen molar-refractivity contribution < 1.29 is 64.6 Å². The number of thiazole rings is 2. The first-order valence-corrected chi connectivity index (χ1v) is 23.8. The summed E-state index contributed by atoms with van der Waals surface area (Å²) in [7, 11) is -2.86. The Kier molecular flexibility index (Phi) is 30.2. The normalized spacial score (nSPS) is 9.65. The summed E-state index contributed by atoms with van der Waals surface area (Å²) >= 11 is 9.12. The van der Waals surface area contributed by atoms with Crippen molar-refractivity contribution >= 4 is 112 Å². The highest BCUT2D eigenvalue weighted by Crippen LogP contribution is 2.33. The van der Waals surface area contributed by atoms with Gasteiger partial charge in [-0.05, 0) is 105 Å². The summed E-state index contributed by atoms with van der Waals surface area (Å²) in [5.41, 5.74) is 5.75. The lowest BCUT2D eigenvalue weighted by molar-refractivity contribution is -0.402. The number of nitrogens with zero attached hydrogens (tertiary/aromatic N) is 6. The lowest BCUT2D eigenvalue weighted by atomic mass is 9.80. The van der Waals surface area contributed by atoms with Crippen LogP contribution in [0.25, 0.3) is 21.0 Å². The SMILES string of the molecule is C.C.O=[N+]([O-])c1ccc(-c2ccc(CO)cc2)s1.O=[N+]([O-])c1ccc(Br)o1.O=[N+]([O-])c1cnc(-c2ccc(CO)cc2)s1.O=[N+]([O-])c1cnc(Br)s1.OCc1ccc(B(O)O)cc1.OCc1ccc(B(O)O)cc1. The van der Waals surface area contributed by atoms with Crippen molar-refractivity contribution in [1.29, 1.82) is 0 Å². The Labute approximate surface area is 451 Å². The molecule has 8 rings (SSSR count). The molecule has 0 bridgehead atoms. The number of thiophene rings is 1. The molecule has 0 fully saturated rings. The van der Waals surface area contributed by atoms with Gasteiger partial charge in [-0.2, -0.15) is 0 Å². The number of furan rings is 1. The molecule has 0 saturated carbocycles. The zero-order valence-electron chi connectivity index (χ0n) is 36.6. The van der Waals surface area contributed by atoms with Crippen molar-refractivity contribution in [1.82, 2.24) is 9.97 Å². The van der Waals surface area contributed by atoms with Crippen LogP contribution < -0.4 is 10.9 Å². The average Bonchev–Trinajstić information content (AvgIpc) is 4.24. The van der Waals surface area contributed by atoms with Crippen LogP contribution >= 0.6 is 65.9 Å². The Hall–Kier alpha value is -6.51. The highest BCUT2D eigenvalue weighted by Gasteiger charge is 2.14. The Morgan fingerprint density at radius 2 is 0.865 bits per heavy atom. The highest BCUT2D eigenvalue weighted by molar-refractivity contribution is 9.11. The summed E-state index contributed by atoms with van der Waals surface area (Å²) in [6.45, 7) is -0.0627. The third-order valence-electron chi connectivity index (χ3n) is 8.55. The average molecular weight is 1210 g/mol. The topological polar surface area (TPSA) is 373 Å². The maximum atomic E-state index is 10.5. The van der Waals surface area contributed by atoms with E-state index in [0.717, 1.165) is 72.3 Å². The summed E-state index contributed by atoms with van der Waals surface area (Å²) in [4.78, 5) is 47.4. The molecule has 4 heterocycles. The van der Waals surface area contributed by atoms with Crippen LogP contribution in [0.1, 0.15) is 37.1 Å². The number of aliphatic hydroxyl groups is 4. The minimum Gasteiger partial charge on any atom is -0.423 e. The maximum Gasteiger partial charge on any atom is 0.488 e. The first kappa shape index (κ1) is 65.5. The third kappa shape index (κ3) is 22.7. The molecule has 0 aliphatic heterocycles. The zero-order chi connectivity index (χ0) is 53.3. The van der Waals surface area contributed by atoms with E-state index in [1.165, 1.54) is 30.6 Å². The lowest BCUT2D eigenvalue weighted by Crippen LogP contribution is -2.29. The monoisotopic (exact) mass is 1210 g/mol. The van der Waals surface area contributed by atoms with Gasteiger partial charge in [-0.25, -0.2) is 9.97 Å². The van der Waals surface area contributed by atoms with E-state index >= 15 is 0 Å². The van der Waals surface area contributed by atoms with E-state index in [1.807, 2.05) is 12.1 Å². The molecular formula is C44H46B2Br2N6O17S3. The molecule has 0 unspecified atom stereocenters. The number of rotatable bonds is 12. The number of nitro groups is 4. The van der Waals surface area contributed by atoms with Crippen LogP contribution in [-0.2, 0) is 26.4 Å². The van der Waals surface area contributed by atoms with Gasteiger partial charge in [-0.3, -0.25) is 40.5 Å². The quantitative estimate of drug-likeness (QED) is 0.0329. The second-order valence-corrected chi connectivity index (χ2v) is 18.6. The van der Waals surface area contributed by atoms with Crippen LogP contribution in [0.3, 0.4) is 0 Å². The number of aliphatic hydroxyl groups excluding tert-OH is 4. The van der Waals surface area contributed by atoms with Gasteiger partial charge in [0.2, 0.25) is 0 Å². The van der Waals surface area contributed by atoms with Gasteiger partial charge in [0.25, 0.3) is 0 Å². The number of halogens is 2. The van der Waals surface area contributed by atoms with E-state index < -0.39 is 33.9 Å².